The summed E-state index contributed by atoms with van der Waals surface area (Å²) in [5.41, 5.74) is -0.415. The maximum Gasteiger partial charge on any atom is 0.279 e. The molecule has 25 heavy (non-hydrogen) atoms. The number of anilines is 1. The molecular weight excluding hydrogens is 328 g/mol. The van der Waals surface area contributed by atoms with E-state index in [1.54, 1.807) is 30.3 Å². The Bertz CT molecular complexity index is 858. The van der Waals surface area contributed by atoms with Crippen LogP contribution in [0.5, 0.6) is 5.75 Å². The number of aliphatic hydroxyl groups excluding tert-OH is 1. The number of para-hydroxylation sites is 1. The Kier molecular flexibility index (Phi) is 5.41. The number of phenols is 1. The Morgan fingerprint density at radius 1 is 1.20 bits per heavy atom. The average molecular weight is 342 g/mol. The molecule has 0 aliphatic carbocycles. The highest BCUT2D eigenvalue weighted by Gasteiger charge is 2.15. The maximum atomic E-state index is 12.2. The fraction of sp³-hybridized carbons (Fsp3) is 0.0625. The number of carbonyl (C=O) groups excluding carboxylic acids is 1. The molecule has 0 heterocycles. The van der Waals surface area contributed by atoms with Gasteiger partial charge < -0.3 is 15.5 Å². The molecule has 0 spiro atoms. The van der Waals surface area contributed by atoms with Crippen molar-refractivity contribution in [2.75, 3.05) is 5.32 Å². The number of nitrogens with one attached hydrogen (secondary N) is 1. The van der Waals surface area contributed by atoms with E-state index < -0.39 is 22.3 Å². The standard InChI is InChI=1S/C16H14N4O5/c1-10(21)15(16(23)17-11-5-3-2-4-6-11)19-18-13-9-12(20(24)25)7-8-14(13)22/h2-9,21-22H,1H3,(H,17,23). The van der Waals surface area contributed by atoms with E-state index in [1.807, 2.05) is 0 Å². The number of aromatic hydroxyl groups is 1. The summed E-state index contributed by atoms with van der Waals surface area (Å²) < 4.78 is 0. The molecule has 0 aliphatic heterocycles. The van der Waals surface area contributed by atoms with Gasteiger partial charge in [-0.05, 0) is 25.1 Å². The van der Waals surface area contributed by atoms with Gasteiger partial charge in [-0.3, -0.25) is 14.9 Å². The highest BCUT2D eigenvalue weighted by Crippen LogP contribution is 2.31. The molecule has 0 aromatic heterocycles. The summed E-state index contributed by atoms with van der Waals surface area (Å²) in [6.45, 7) is 1.24. The van der Waals surface area contributed by atoms with E-state index in [9.17, 15) is 25.1 Å². The van der Waals surface area contributed by atoms with Gasteiger partial charge in [0.15, 0.2) is 5.70 Å². The first-order valence-electron chi connectivity index (χ1n) is 7.04. The van der Waals surface area contributed by atoms with E-state index in [1.165, 1.54) is 6.92 Å². The molecule has 0 aliphatic rings. The van der Waals surface area contributed by atoms with Gasteiger partial charge in [0.05, 0.1) is 4.92 Å². The van der Waals surface area contributed by atoms with Crippen LogP contribution in [-0.4, -0.2) is 21.0 Å². The smallest absolute Gasteiger partial charge is 0.279 e. The Balaban J connectivity index is 2.27. The van der Waals surface area contributed by atoms with Crippen LogP contribution in [0.15, 0.2) is 70.2 Å². The fourth-order valence-corrected chi connectivity index (χ4v) is 1.80. The summed E-state index contributed by atoms with van der Waals surface area (Å²) in [5.74, 6) is -1.48. The van der Waals surface area contributed by atoms with E-state index in [2.05, 4.69) is 15.5 Å². The van der Waals surface area contributed by atoms with Gasteiger partial charge in [-0.25, -0.2) is 0 Å². The lowest BCUT2D eigenvalue weighted by Gasteiger charge is -2.05. The molecule has 2 rings (SSSR count). The first kappa shape index (κ1) is 17.6. The van der Waals surface area contributed by atoms with Crippen LogP contribution in [0.2, 0.25) is 0 Å². The molecular formula is C16H14N4O5. The number of allylic oxidation sites excluding steroid dienone is 1. The number of hydrogen-bond donors (Lipinski definition) is 3. The second kappa shape index (κ2) is 7.68. The molecule has 0 atom stereocenters. The summed E-state index contributed by atoms with van der Waals surface area (Å²) in [6.07, 6.45) is 0. The quantitative estimate of drug-likeness (QED) is 0.249. The van der Waals surface area contributed by atoms with Crippen molar-refractivity contribution in [3.8, 4) is 5.75 Å². The first-order chi connectivity index (χ1) is 11.9. The number of hydrogen-bond acceptors (Lipinski definition) is 7. The molecule has 128 valence electrons. The van der Waals surface area contributed by atoms with E-state index in [4.69, 9.17) is 0 Å². The zero-order chi connectivity index (χ0) is 18.4. The number of carbonyl (C=O) groups is 1. The monoisotopic (exact) mass is 342 g/mol. The molecule has 9 nitrogen and oxygen atoms in total. The molecule has 0 saturated carbocycles. The van der Waals surface area contributed by atoms with Crippen molar-refractivity contribution in [1.29, 1.82) is 0 Å². The number of phenolic OH excluding ortho intramolecular Hbond substituents is 1. The molecule has 2 aromatic rings. The summed E-state index contributed by atoms with van der Waals surface area (Å²) in [6, 6.07) is 11.7. The van der Waals surface area contributed by atoms with Crippen LogP contribution in [0.4, 0.5) is 17.1 Å². The second-order valence-corrected chi connectivity index (χ2v) is 4.88. The van der Waals surface area contributed by atoms with E-state index in [0.717, 1.165) is 18.2 Å². The minimum absolute atomic E-state index is 0.208. The van der Waals surface area contributed by atoms with E-state index in [0.29, 0.717) is 5.69 Å². The van der Waals surface area contributed by atoms with Crippen LogP contribution in [0.1, 0.15) is 6.92 Å². The van der Waals surface area contributed by atoms with Crippen molar-refractivity contribution in [3.05, 3.63) is 70.1 Å². The molecule has 0 unspecified atom stereocenters. The highest BCUT2D eigenvalue weighted by atomic mass is 16.6. The number of non-ortho nitro benzene ring substituents is 1. The Morgan fingerprint density at radius 3 is 2.48 bits per heavy atom. The lowest BCUT2D eigenvalue weighted by molar-refractivity contribution is -0.384. The summed E-state index contributed by atoms with van der Waals surface area (Å²) in [7, 11) is 0. The molecule has 0 bridgehead atoms. The van der Waals surface area contributed by atoms with Crippen LogP contribution in [0.3, 0.4) is 0 Å². The van der Waals surface area contributed by atoms with Crippen molar-refractivity contribution in [2.45, 2.75) is 6.92 Å². The van der Waals surface area contributed by atoms with Gasteiger partial charge in [0.2, 0.25) is 0 Å². The van der Waals surface area contributed by atoms with Crippen molar-refractivity contribution < 1.29 is 19.9 Å². The molecule has 1 amide bonds. The summed E-state index contributed by atoms with van der Waals surface area (Å²) in [5, 5.41) is 39.9. The Hall–Kier alpha value is -3.75. The Labute approximate surface area is 142 Å². The largest absolute Gasteiger partial charge is 0.510 e. The lowest BCUT2D eigenvalue weighted by atomic mass is 10.2. The second-order valence-electron chi connectivity index (χ2n) is 4.88. The number of nitro benzene ring substituents is 1. The number of azo groups is 1. The van der Waals surface area contributed by atoms with Gasteiger partial charge in [0.1, 0.15) is 17.2 Å². The van der Waals surface area contributed by atoms with E-state index >= 15 is 0 Å². The third-order valence-corrected chi connectivity index (χ3v) is 3.02. The minimum Gasteiger partial charge on any atom is -0.510 e. The predicted molar refractivity (Wildman–Crippen MR) is 89.7 cm³/mol. The number of amides is 1. The van der Waals surface area contributed by atoms with Gasteiger partial charge in [-0.15, -0.1) is 10.2 Å². The average Bonchev–Trinajstić information content (AvgIpc) is 2.57. The minimum atomic E-state index is -0.722. The molecule has 9 heteroatoms. The van der Waals surface area contributed by atoms with Crippen LogP contribution in [0, 0.1) is 10.1 Å². The van der Waals surface area contributed by atoms with Gasteiger partial charge in [-0.1, -0.05) is 18.2 Å². The van der Waals surface area contributed by atoms with Crippen LogP contribution < -0.4 is 5.32 Å². The number of aliphatic hydroxyl groups is 1. The Morgan fingerprint density at radius 2 is 1.88 bits per heavy atom. The zero-order valence-electron chi connectivity index (χ0n) is 13.1. The van der Waals surface area contributed by atoms with E-state index in [-0.39, 0.29) is 17.1 Å². The molecule has 0 radical (unpaired) electrons. The zero-order valence-corrected chi connectivity index (χ0v) is 13.1. The topological polar surface area (TPSA) is 137 Å². The van der Waals surface area contributed by atoms with Crippen molar-refractivity contribution in [3.63, 3.8) is 0 Å². The fourth-order valence-electron chi connectivity index (χ4n) is 1.80. The molecule has 2 aromatic carbocycles. The van der Waals surface area contributed by atoms with Gasteiger partial charge in [-0.2, -0.15) is 0 Å². The third-order valence-electron chi connectivity index (χ3n) is 3.02. The summed E-state index contributed by atoms with van der Waals surface area (Å²) in [4.78, 5) is 22.3. The maximum absolute atomic E-state index is 12.2. The predicted octanol–water partition coefficient (Wildman–Crippen LogP) is 3.81. The number of benzene rings is 2. The normalized spacial score (nSPS) is 11.9. The van der Waals surface area contributed by atoms with Crippen LogP contribution >= 0.6 is 0 Å². The lowest BCUT2D eigenvalue weighted by Crippen LogP contribution is -2.14. The number of nitrogens with zero attached hydrogens (tertiary/aromatic N) is 3. The van der Waals surface area contributed by atoms with Crippen molar-refractivity contribution in [1.82, 2.24) is 0 Å². The number of rotatable bonds is 5. The van der Waals surface area contributed by atoms with Gasteiger partial charge in [0, 0.05) is 17.8 Å². The van der Waals surface area contributed by atoms with Crippen molar-refractivity contribution in [2.24, 2.45) is 10.2 Å². The van der Waals surface area contributed by atoms with Crippen LogP contribution in [0.25, 0.3) is 0 Å². The SMILES string of the molecule is CC(O)=C(N=Nc1cc([N+](=O)[O-])ccc1O)C(=O)Nc1ccccc1. The van der Waals surface area contributed by atoms with Crippen molar-refractivity contribution >= 4 is 23.0 Å². The number of nitro groups is 1. The molecule has 0 fully saturated rings. The highest BCUT2D eigenvalue weighted by molar-refractivity contribution is 6.03. The third kappa shape index (κ3) is 4.61. The molecule has 3 N–H and O–H groups in total. The summed E-state index contributed by atoms with van der Waals surface area (Å²) >= 11 is 0. The van der Waals surface area contributed by atoms with Gasteiger partial charge in [0.25, 0.3) is 11.6 Å². The van der Waals surface area contributed by atoms with Crippen LogP contribution in [-0.2, 0) is 4.79 Å². The molecule has 0 saturated heterocycles. The first-order valence-corrected chi connectivity index (χ1v) is 7.04. The van der Waals surface area contributed by atoms with Gasteiger partial charge >= 0.3 is 0 Å².